The molecule has 0 N–H and O–H groups in total. The molecule has 4 aromatic carbocycles. The Balaban J connectivity index is 0.928. The summed E-state index contributed by atoms with van der Waals surface area (Å²) in [5, 5.41) is 0. The first kappa shape index (κ1) is 36.9. The summed E-state index contributed by atoms with van der Waals surface area (Å²) in [5.41, 5.74) is 7.54. The average molecular weight is 710 g/mol. The molecule has 0 atom stereocenters. The zero-order valence-electron chi connectivity index (χ0n) is 31.0. The van der Waals surface area contributed by atoms with Crippen LogP contribution in [0.3, 0.4) is 0 Å². The number of aromatic nitrogens is 1. The summed E-state index contributed by atoms with van der Waals surface area (Å²) in [6, 6.07) is 32.2. The Kier molecular flexibility index (Phi) is 12.6. The van der Waals surface area contributed by atoms with Crippen LogP contribution in [0.2, 0.25) is 0 Å². The molecule has 0 saturated carbocycles. The fourth-order valence-electron chi connectivity index (χ4n) is 6.10. The smallest absolute Gasteiger partial charge is 0.246 e. The van der Waals surface area contributed by atoms with Crippen molar-refractivity contribution in [1.82, 2.24) is 14.8 Å². The van der Waals surface area contributed by atoms with Crippen LogP contribution in [0.15, 0.2) is 115 Å². The van der Waals surface area contributed by atoms with Gasteiger partial charge in [-0.3, -0.25) is 9.69 Å². The number of nitrogens with zero attached hydrogens (tertiary/aromatic N) is 3. The Labute approximate surface area is 312 Å². The van der Waals surface area contributed by atoms with Crippen molar-refractivity contribution in [3.8, 4) is 28.9 Å². The molecule has 2 heterocycles. The van der Waals surface area contributed by atoms with Crippen LogP contribution in [-0.4, -0.2) is 60.6 Å². The van der Waals surface area contributed by atoms with Gasteiger partial charge in [0.05, 0.1) is 13.3 Å². The minimum absolute atomic E-state index is 0.0290. The highest BCUT2D eigenvalue weighted by Crippen LogP contribution is 2.30. The van der Waals surface area contributed by atoms with Crippen molar-refractivity contribution in [1.29, 1.82) is 0 Å². The molecule has 1 fully saturated rings. The van der Waals surface area contributed by atoms with Crippen LogP contribution >= 0.6 is 0 Å². The fourth-order valence-corrected chi connectivity index (χ4v) is 6.10. The first-order valence-electron chi connectivity index (χ1n) is 18.0. The first-order chi connectivity index (χ1) is 25.8. The van der Waals surface area contributed by atoms with Crippen LogP contribution in [-0.2, 0) is 17.9 Å². The van der Waals surface area contributed by atoms with Gasteiger partial charge in [0.2, 0.25) is 11.8 Å². The van der Waals surface area contributed by atoms with Gasteiger partial charge in [-0.1, -0.05) is 60.2 Å². The minimum atomic E-state index is 0.0290. The Morgan fingerprint density at radius 2 is 1.38 bits per heavy atom. The maximum absolute atomic E-state index is 13.1. The van der Waals surface area contributed by atoms with E-state index in [0.29, 0.717) is 37.9 Å². The third-order valence-corrected chi connectivity index (χ3v) is 9.13. The number of ether oxygens (including phenoxy) is 4. The van der Waals surface area contributed by atoms with E-state index in [4.69, 9.17) is 18.9 Å². The van der Waals surface area contributed by atoms with Crippen molar-refractivity contribution in [3.63, 3.8) is 0 Å². The number of hydrogen-bond acceptors (Lipinski definition) is 7. The predicted octanol–water partition coefficient (Wildman–Crippen LogP) is 8.84. The lowest BCUT2D eigenvalue weighted by atomic mass is 10.1. The van der Waals surface area contributed by atoms with E-state index in [9.17, 15) is 4.79 Å². The van der Waals surface area contributed by atoms with Crippen LogP contribution < -0.4 is 18.9 Å². The lowest BCUT2D eigenvalue weighted by Gasteiger charge is -2.34. The zero-order chi connectivity index (χ0) is 37.0. The standard InChI is InChI=1S/C45H47N3O5/c1-33-7-16-41(17-8-33)51-27-5-6-36-9-11-37(12-10-36)31-47-23-25-48(26-24-47)44(49)22-15-39-28-34(2)45(35(3)29-39)53-43-21-20-42(30-46-43)52-32-38-13-18-40(50-4)19-14-38/h5-22,28-30H,23-27,31-32H2,1-4H3/b6-5+,22-15+. The van der Waals surface area contributed by atoms with Crippen molar-refractivity contribution < 1.29 is 23.7 Å². The normalized spacial score (nSPS) is 13.4. The van der Waals surface area contributed by atoms with Crippen molar-refractivity contribution in [2.24, 2.45) is 0 Å². The second-order valence-electron chi connectivity index (χ2n) is 13.3. The highest BCUT2D eigenvalue weighted by atomic mass is 16.5. The SMILES string of the molecule is COc1ccc(COc2ccc(Oc3c(C)cc(/C=C/C(=O)N4CCN(Cc5ccc(/C=C/COc6ccc(C)cc6)cc5)CC4)cc3C)nc2)cc1. The van der Waals surface area contributed by atoms with E-state index in [1.54, 1.807) is 25.4 Å². The summed E-state index contributed by atoms with van der Waals surface area (Å²) >= 11 is 0. The number of benzene rings is 4. The van der Waals surface area contributed by atoms with E-state index in [2.05, 4.69) is 59.3 Å². The number of pyridine rings is 1. The number of amides is 1. The van der Waals surface area contributed by atoms with Gasteiger partial charge in [-0.25, -0.2) is 4.98 Å². The average Bonchev–Trinajstić information content (AvgIpc) is 3.18. The quantitative estimate of drug-likeness (QED) is 0.107. The van der Waals surface area contributed by atoms with Crippen LogP contribution in [0.5, 0.6) is 28.9 Å². The number of methoxy groups -OCH3 is 1. The maximum atomic E-state index is 13.1. The Bertz CT molecular complexity index is 1970. The van der Waals surface area contributed by atoms with Crippen molar-refractivity contribution in [3.05, 3.63) is 154 Å². The van der Waals surface area contributed by atoms with Gasteiger partial charge in [-0.05, 0) is 109 Å². The summed E-state index contributed by atoms with van der Waals surface area (Å²) in [7, 11) is 1.65. The summed E-state index contributed by atoms with van der Waals surface area (Å²) in [6.07, 6.45) is 9.34. The topological polar surface area (TPSA) is 73.4 Å². The Morgan fingerprint density at radius 1 is 0.717 bits per heavy atom. The minimum Gasteiger partial charge on any atom is -0.497 e. The lowest BCUT2D eigenvalue weighted by Crippen LogP contribution is -2.47. The second kappa shape index (κ2) is 18.1. The molecule has 272 valence electrons. The summed E-state index contributed by atoms with van der Waals surface area (Å²) in [4.78, 5) is 21.9. The van der Waals surface area contributed by atoms with Gasteiger partial charge in [0, 0.05) is 44.9 Å². The van der Waals surface area contributed by atoms with E-state index in [1.165, 1.54) is 11.1 Å². The number of hydrogen-bond donors (Lipinski definition) is 0. The van der Waals surface area contributed by atoms with Gasteiger partial charge in [0.25, 0.3) is 0 Å². The van der Waals surface area contributed by atoms with Gasteiger partial charge in [-0.2, -0.15) is 0 Å². The van der Waals surface area contributed by atoms with E-state index in [0.717, 1.165) is 64.7 Å². The molecule has 0 unspecified atom stereocenters. The molecule has 8 nitrogen and oxygen atoms in total. The molecule has 1 aliphatic heterocycles. The molecule has 5 aromatic rings. The summed E-state index contributed by atoms with van der Waals surface area (Å²) in [5.74, 6) is 3.60. The van der Waals surface area contributed by atoms with E-state index >= 15 is 0 Å². The molecular formula is C45H47N3O5. The predicted molar refractivity (Wildman–Crippen MR) is 211 cm³/mol. The molecule has 0 spiro atoms. The van der Waals surface area contributed by atoms with Gasteiger partial charge in [0.1, 0.15) is 36.2 Å². The molecule has 1 saturated heterocycles. The molecule has 8 heteroatoms. The number of rotatable bonds is 14. The Morgan fingerprint density at radius 3 is 2.04 bits per heavy atom. The number of aryl methyl sites for hydroxylation is 3. The van der Waals surface area contributed by atoms with Crippen LogP contribution in [0.1, 0.15) is 38.9 Å². The van der Waals surface area contributed by atoms with Crippen LogP contribution in [0.25, 0.3) is 12.2 Å². The van der Waals surface area contributed by atoms with Gasteiger partial charge >= 0.3 is 0 Å². The number of carbonyl (C=O) groups excluding carboxylic acids is 1. The third-order valence-electron chi connectivity index (χ3n) is 9.13. The molecule has 0 radical (unpaired) electrons. The van der Waals surface area contributed by atoms with Crippen molar-refractivity contribution >= 4 is 18.1 Å². The molecule has 1 aliphatic rings. The highest BCUT2D eigenvalue weighted by molar-refractivity contribution is 5.92. The van der Waals surface area contributed by atoms with Crippen molar-refractivity contribution in [2.45, 2.75) is 33.9 Å². The maximum Gasteiger partial charge on any atom is 0.246 e. The third kappa shape index (κ3) is 10.8. The van der Waals surface area contributed by atoms with E-state index in [-0.39, 0.29) is 5.91 Å². The monoisotopic (exact) mass is 709 g/mol. The molecular weight excluding hydrogens is 663 g/mol. The van der Waals surface area contributed by atoms with Crippen molar-refractivity contribution in [2.75, 3.05) is 39.9 Å². The highest BCUT2D eigenvalue weighted by Gasteiger charge is 2.20. The second-order valence-corrected chi connectivity index (χ2v) is 13.3. The van der Waals surface area contributed by atoms with Gasteiger partial charge in [-0.15, -0.1) is 0 Å². The van der Waals surface area contributed by atoms with Gasteiger partial charge in [0.15, 0.2) is 0 Å². The molecule has 0 bridgehead atoms. The molecule has 0 aliphatic carbocycles. The molecule has 1 amide bonds. The molecule has 53 heavy (non-hydrogen) atoms. The molecule has 1 aromatic heterocycles. The first-order valence-corrected chi connectivity index (χ1v) is 18.0. The zero-order valence-corrected chi connectivity index (χ0v) is 31.0. The van der Waals surface area contributed by atoms with E-state index in [1.807, 2.05) is 85.5 Å². The summed E-state index contributed by atoms with van der Waals surface area (Å²) in [6.45, 7) is 11.0. The van der Waals surface area contributed by atoms with E-state index < -0.39 is 0 Å². The fraction of sp³-hybridized carbons (Fsp3) is 0.244. The number of piperazine rings is 1. The molecule has 6 rings (SSSR count). The van der Waals surface area contributed by atoms with Gasteiger partial charge < -0.3 is 23.8 Å². The van der Waals surface area contributed by atoms with Crippen LogP contribution in [0.4, 0.5) is 0 Å². The lowest BCUT2D eigenvalue weighted by molar-refractivity contribution is -0.127. The Hall–Kier alpha value is -5.86. The number of carbonyl (C=O) groups is 1. The summed E-state index contributed by atoms with van der Waals surface area (Å²) < 4.78 is 23.0. The van der Waals surface area contributed by atoms with Crippen LogP contribution in [0, 0.1) is 20.8 Å². The largest absolute Gasteiger partial charge is 0.497 e.